The second kappa shape index (κ2) is 5.95. The van der Waals surface area contributed by atoms with Crippen LogP contribution in [0.3, 0.4) is 0 Å². The van der Waals surface area contributed by atoms with Crippen molar-refractivity contribution in [2.24, 2.45) is 0 Å². The minimum atomic E-state index is -0.923. The van der Waals surface area contributed by atoms with E-state index < -0.39 is 5.60 Å². The first kappa shape index (κ1) is 14.6. The van der Waals surface area contributed by atoms with Crippen molar-refractivity contribution in [2.45, 2.75) is 12.5 Å². The predicted molar refractivity (Wildman–Crippen MR) is 73.5 cm³/mol. The monoisotopic (exact) mass is 320 g/mol. The fourth-order valence-corrected chi connectivity index (χ4v) is 2.83. The average molecular weight is 321 g/mol. The van der Waals surface area contributed by atoms with Crippen LogP contribution in [-0.2, 0) is 0 Å². The fourth-order valence-electron chi connectivity index (χ4n) is 1.53. The highest BCUT2D eigenvalue weighted by atomic mass is 79.9. The van der Waals surface area contributed by atoms with Crippen molar-refractivity contribution in [2.75, 3.05) is 27.2 Å². The Hall–Kier alpha value is -0.430. The van der Waals surface area contributed by atoms with E-state index in [1.54, 1.807) is 13.0 Å². The van der Waals surface area contributed by atoms with Crippen LogP contribution in [0.4, 0.5) is 0 Å². The molecule has 1 unspecified atom stereocenters. The molecule has 0 aliphatic heterocycles. The Morgan fingerprint density at radius 2 is 2.24 bits per heavy atom. The number of rotatable bonds is 5. The van der Waals surface area contributed by atoms with Gasteiger partial charge in [-0.2, -0.15) is 0 Å². The zero-order chi connectivity index (χ0) is 13.1. The van der Waals surface area contributed by atoms with E-state index in [1.165, 1.54) is 11.3 Å². The second-order valence-corrected chi connectivity index (χ2v) is 6.98. The van der Waals surface area contributed by atoms with Crippen LogP contribution in [0.2, 0.25) is 0 Å². The van der Waals surface area contributed by atoms with Gasteiger partial charge in [-0.3, -0.25) is 4.79 Å². The van der Waals surface area contributed by atoms with Gasteiger partial charge in [-0.15, -0.1) is 11.3 Å². The van der Waals surface area contributed by atoms with Crippen LogP contribution in [-0.4, -0.2) is 48.7 Å². The Labute approximate surface area is 114 Å². The molecule has 0 saturated carbocycles. The summed E-state index contributed by atoms with van der Waals surface area (Å²) in [5, 5.41) is 12.8. The molecule has 0 spiro atoms. The summed E-state index contributed by atoms with van der Waals surface area (Å²) in [5.74, 6) is -0.153. The standard InChI is InChI=1S/C11H17BrN2O2S/c1-11(16,7-14(2)3)6-13-10(15)8-4-5-9(12)17-8/h4-5,16H,6-7H2,1-3H3,(H,13,15). The molecule has 1 amide bonds. The SMILES string of the molecule is CN(C)CC(C)(O)CNC(=O)c1ccc(Br)s1. The van der Waals surface area contributed by atoms with Crippen LogP contribution in [0.1, 0.15) is 16.6 Å². The zero-order valence-electron chi connectivity index (χ0n) is 10.2. The van der Waals surface area contributed by atoms with Crippen LogP contribution >= 0.6 is 27.3 Å². The van der Waals surface area contributed by atoms with E-state index in [4.69, 9.17) is 0 Å². The predicted octanol–water partition coefficient (Wildman–Crippen LogP) is 1.55. The maximum atomic E-state index is 11.7. The van der Waals surface area contributed by atoms with Gasteiger partial charge in [0.05, 0.1) is 14.3 Å². The minimum absolute atomic E-state index is 0.153. The second-order valence-electron chi connectivity index (χ2n) is 4.52. The molecule has 0 bridgehead atoms. The molecule has 1 rings (SSSR count). The lowest BCUT2D eigenvalue weighted by molar-refractivity contribution is 0.0326. The highest BCUT2D eigenvalue weighted by Gasteiger charge is 2.22. The van der Waals surface area contributed by atoms with Crippen LogP contribution in [0.25, 0.3) is 0 Å². The van der Waals surface area contributed by atoms with Crippen molar-refractivity contribution in [3.05, 3.63) is 20.8 Å². The first-order valence-corrected chi connectivity index (χ1v) is 6.82. The lowest BCUT2D eigenvalue weighted by Crippen LogP contribution is -2.47. The average Bonchev–Trinajstić information content (AvgIpc) is 2.59. The molecule has 2 N–H and O–H groups in total. The van der Waals surface area contributed by atoms with Crippen molar-refractivity contribution in [3.63, 3.8) is 0 Å². The molecule has 17 heavy (non-hydrogen) atoms. The van der Waals surface area contributed by atoms with Crippen LogP contribution in [0.15, 0.2) is 15.9 Å². The maximum Gasteiger partial charge on any atom is 0.261 e. The lowest BCUT2D eigenvalue weighted by atomic mass is 10.1. The first-order chi connectivity index (χ1) is 7.80. The molecule has 0 aliphatic carbocycles. The third kappa shape index (κ3) is 5.16. The number of aliphatic hydroxyl groups is 1. The van der Waals surface area contributed by atoms with Crippen molar-refractivity contribution in [1.82, 2.24) is 10.2 Å². The fraction of sp³-hybridized carbons (Fsp3) is 0.545. The van der Waals surface area contributed by atoms with Gasteiger partial charge in [0.15, 0.2) is 0 Å². The number of nitrogens with zero attached hydrogens (tertiary/aromatic N) is 1. The number of carbonyl (C=O) groups excluding carboxylic acids is 1. The van der Waals surface area contributed by atoms with Crippen LogP contribution in [0, 0.1) is 0 Å². The number of nitrogens with one attached hydrogen (secondary N) is 1. The van der Waals surface area contributed by atoms with Crippen LogP contribution in [0.5, 0.6) is 0 Å². The Balaban J connectivity index is 2.48. The highest BCUT2D eigenvalue weighted by molar-refractivity contribution is 9.11. The smallest absolute Gasteiger partial charge is 0.261 e. The number of halogens is 1. The summed E-state index contributed by atoms with van der Waals surface area (Å²) >= 11 is 4.68. The van der Waals surface area contributed by atoms with Gasteiger partial charge in [0, 0.05) is 13.1 Å². The highest BCUT2D eigenvalue weighted by Crippen LogP contribution is 2.21. The summed E-state index contributed by atoms with van der Waals surface area (Å²) in [4.78, 5) is 14.3. The minimum Gasteiger partial charge on any atom is -0.387 e. The molecule has 6 heteroatoms. The molecule has 0 radical (unpaired) electrons. The molecule has 1 atom stereocenters. The van der Waals surface area contributed by atoms with Gasteiger partial charge in [0.2, 0.25) is 0 Å². The molecule has 0 fully saturated rings. The number of carbonyl (C=O) groups is 1. The Kier molecular flexibility index (Phi) is 5.12. The van der Waals surface area contributed by atoms with E-state index in [0.717, 1.165) is 3.79 Å². The lowest BCUT2D eigenvalue weighted by Gasteiger charge is -2.26. The normalized spacial score (nSPS) is 14.7. The van der Waals surface area contributed by atoms with Crippen molar-refractivity contribution in [3.8, 4) is 0 Å². The number of amides is 1. The molecule has 1 aromatic heterocycles. The Morgan fingerprint density at radius 3 is 2.71 bits per heavy atom. The van der Waals surface area contributed by atoms with Gasteiger partial charge < -0.3 is 15.3 Å². The quantitative estimate of drug-likeness (QED) is 0.865. The van der Waals surface area contributed by atoms with Crippen LogP contribution < -0.4 is 5.32 Å². The van der Waals surface area contributed by atoms with E-state index in [0.29, 0.717) is 11.4 Å². The summed E-state index contributed by atoms with van der Waals surface area (Å²) in [6.45, 7) is 2.44. The van der Waals surface area contributed by atoms with Gasteiger partial charge in [0.25, 0.3) is 5.91 Å². The summed E-state index contributed by atoms with van der Waals surface area (Å²) in [5.41, 5.74) is -0.923. The molecule has 0 aliphatic rings. The van der Waals surface area contributed by atoms with Crippen molar-refractivity contribution < 1.29 is 9.90 Å². The first-order valence-electron chi connectivity index (χ1n) is 5.21. The molecular weight excluding hydrogens is 304 g/mol. The maximum absolute atomic E-state index is 11.7. The third-order valence-corrected chi connectivity index (χ3v) is 3.71. The topological polar surface area (TPSA) is 52.6 Å². The number of likely N-dealkylation sites (N-methyl/N-ethyl adjacent to an activating group) is 1. The summed E-state index contributed by atoms with van der Waals surface area (Å²) in [6.07, 6.45) is 0. The van der Waals surface area contributed by atoms with E-state index >= 15 is 0 Å². The molecule has 1 aromatic rings. The van der Waals surface area contributed by atoms with Crippen molar-refractivity contribution in [1.29, 1.82) is 0 Å². The molecule has 96 valence electrons. The molecular formula is C11H17BrN2O2S. The molecule has 1 heterocycles. The largest absolute Gasteiger partial charge is 0.387 e. The van der Waals surface area contributed by atoms with Gasteiger partial charge >= 0.3 is 0 Å². The summed E-state index contributed by atoms with van der Waals surface area (Å²) < 4.78 is 0.919. The van der Waals surface area contributed by atoms with E-state index in [1.807, 2.05) is 25.1 Å². The molecule has 0 aromatic carbocycles. The van der Waals surface area contributed by atoms with E-state index in [2.05, 4.69) is 21.2 Å². The van der Waals surface area contributed by atoms with Gasteiger partial charge in [-0.1, -0.05) is 0 Å². The molecule has 0 saturated heterocycles. The van der Waals surface area contributed by atoms with Crippen molar-refractivity contribution >= 4 is 33.2 Å². The summed E-state index contributed by atoms with van der Waals surface area (Å²) in [6, 6.07) is 3.59. The van der Waals surface area contributed by atoms with Gasteiger partial charge in [0.1, 0.15) is 0 Å². The molecule has 4 nitrogen and oxygen atoms in total. The third-order valence-electron chi connectivity index (χ3n) is 2.08. The summed E-state index contributed by atoms with van der Waals surface area (Å²) in [7, 11) is 3.76. The number of hydrogen-bond acceptors (Lipinski definition) is 4. The number of thiophene rings is 1. The Bertz CT molecular complexity index is 391. The number of hydrogen-bond donors (Lipinski definition) is 2. The van der Waals surface area contributed by atoms with Gasteiger partial charge in [-0.25, -0.2) is 0 Å². The van der Waals surface area contributed by atoms with Gasteiger partial charge in [-0.05, 0) is 49.1 Å². The zero-order valence-corrected chi connectivity index (χ0v) is 12.6. The Morgan fingerprint density at radius 1 is 1.59 bits per heavy atom. The van der Waals surface area contributed by atoms with E-state index in [-0.39, 0.29) is 12.5 Å². The van der Waals surface area contributed by atoms with E-state index in [9.17, 15) is 9.90 Å².